The molecule has 104 valence electrons. The van der Waals surface area contributed by atoms with Crippen LogP contribution in [0.3, 0.4) is 0 Å². The monoisotopic (exact) mass is 280 g/mol. The van der Waals surface area contributed by atoms with Crippen LogP contribution in [0.25, 0.3) is 0 Å². The lowest BCUT2D eigenvalue weighted by Gasteiger charge is -2.34. The summed E-state index contributed by atoms with van der Waals surface area (Å²) < 4.78 is 0. The molecule has 1 saturated heterocycles. The van der Waals surface area contributed by atoms with E-state index in [-0.39, 0.29) is 5.84 Å². The summed E-state index contributed by atoms with van der Waals surface area (Å²) in [6.45, 7) is 8.61. The fourth-order valence-corrected chi connectivity index (χ4v) is 2.59. The molecular weight excluding hydrogens is 260 g/mol. The summed E-state index contributed by atoms with van der Waals surface area (Å²) >= 11 is 6.26. The third-order valence-electron chi connectivity index (χ3n) is 3.67. The summed E-state index contributed by atoms with van der Waals surface area (Å²) in [6, 6.07) is 5.62. The zero-order valence-electron chi connectivity index (χ0n) is 11.3. The first-order valence-electron chi connectivity index (χ1n) is 6.67. The molecule has 0 atom stereocenters. The van der Waals surface area contributed by atoms with Gasteiger partial charge >= 0.3 is 0 Å². The maximum absolute atomic E-state index is 7.40. The van der Waals surface area contributed by atoms with E-state index in [0.29, 0.717) is 10.6 Å². The lowest BCUT2D eigenvalue weighted by atomic mass is 10.1. The number of rotatable bonds is 4. The molecule has 1 aliphatic rings. The summed E-state index contributed by atoms with van der Waals surface area (Å²) in [5.41, 5.74) is 7.25. The lowest BCUT2D eigenvalue weighted by molar-refractivity contribution is 0.132. The summed E-state index contributed by atoms with van der Waals surface area (Å²) in [5, 5.41) is 8.10. The Morgan fingerprint density at radius 2 is 1.89 bits per heavy atom. The first-order valence-corrected chi connectivity index (χ1v) is 7.05. The van der Waals surface area contributed by atoms with Gasteiger partial charge in [0.25, 0.3) is 0 Å². The van der Waals surface area contributed by atoms with Crippen molar-refractivity contribution in [1.82, 2.24) is 9.80 Å². The number of nitrogens with two attached hydrogens (primary N) is 1. The SMILES string of the molecule is CCN1CCN(Cc2ccc(C(=N)N)cc2Cl)CC1. The summed E-state index contributed by atoms with van der Waals surface area (Å²) in [7, 11) is 0. The minimum Gasteiger partial charge on any atom is -0.384 e. The van der Waals surface area contributed by atoms with E-state index < -0.39 is 0 Å². The van der Waals surface area contributed by atoms with Gasteiger partial charge in [0.2, 0.25) is 0 Å². The molecule has 1 aromatic rings. The van der Waals surface area contributed by atoms with Gasteiger partial charge in [0, 0.05) is 43.3 Å². The van der Waals surface area contributed by atoms with Crippen LogP contribution in [-0.4, -0.2) is 48.4 Å². The van der Waals surface area contributed by atoms with Crippen molar-refractivity contribution in [3.63, 3.8) is 0 Å². The average molecular weight is 281 g/mol. The standard InChI is InChI=1S/C14H21ClN4/c1-2-18-5-7-19(8-6-18)10-12-4-3-11(14(16)17)9-13(12)15/h3-4,9H,2,5-8,10H2,1H3,(H3,16,17). The van der Waals surface area contributed by atoms with Crippen molar-refractivity contribution in [3.05, 3.63) is 34.3 Å². The minimum atomic E-state index is 0.0602. The zero-order valence-corrected chi connectivity index (χ0v) is 12.1. The van der Waals surface area contributed by atoms with E-state index >= 15 is 0 Å². The molecule has 19 heavy (non-hydrogen) atoms. The Balaban J connectivity index is 1.98. The normalized spacial score (nSPS) is 17.6. The van der Waals surface area contributed by atoms with E-state index in [1.807, 2.05) is 12.1 Å². The highest BCUT2D eigenvalue weighted by molar-refractivity contribution is 6.31. The second-order valence-corrected chi connectivity index (χ2v) is 5.34. The van der Waals surface area contributed by atoms with Gasteiger partial charge < -0.3 is 10.6 Å². The highest BCUT2D eigenvalue weighted by Crippen LogP contribution is 2.20. The Morgan fingerprint density at radius 3 is 2.42 bits per heavy atom. The second-order valence-electron chi connectivity index (χ2n) is 4.93. The van der Waals surface area contributed by atoms with Crippen LogP contribution >= 0.6 is 11.6 Å². The zero-order chi connectivity index (χ0) is 13.8. The number of hydrogen-bond donors (Lipinski definition) is 2. The van der Waals surface area contributed by atoms with E-state index in [0.717, 1.165) is 44.8 Å². The van der Waals surface area contributed by atoms with Gasteiger partial charge in [-0.15, -0.1) is 0 Å². The number of nitrogens with zero attached hydrogens (tertiary/aromatic N) is 2. The van der Waals surface area contributed by atoms with Crippen LogP contribution in [-0.2, 0) is 6.54 Å². The molecule has 0 amide bonds. The van der Waals surface area contributed by atoms with Crippen molar-refractivity contribution in [3.8, 4) is 0 Å². The lowest BCUT2D eigenvalue weighted by Crippen LogP contribution is -2.45. The van der Waals surface area contributed by atoms with Crippen LogP contribution in [0.4, 0.5) is 0 Å². The van der Waals surface area contributed by atoms with Crippen molar-refractivity contribution in [1.29, 1.82) is 5.41 Å². The Morgan fingerprint density at radius 1 is 1.26 bits per heavy atom. The van der Waals surface area contributed by atoms with Crippen LogP contribution in [0.5, 0.6) is 0 Å². The summed E-state index contributed by atoms with van der Waals surface area (Å²) in [4.78, 5) is 4.87. The molecule has 1 aliphatic heterocycles. The van der Waals surface area contributed by atoms with Gasteiger partial charge in [-0.25, -0.2) is 0 Å². The topological polar surface area (TPSA) is 56.4 Å². The Hall–Kier alpha value is -1.10. The van der Waals surface area contributed by atoms with Crippen LogP contribution in [0, 0.1) is 5.41 Å². The largest absolute Gasteiger partial charge is 0.384 e. The fraction of sp³-hybridized carbons (Fsp3) is 0.500. The second kappa shape index (κ2) is 6.37. The van der Waals surface area contributed by atoms with Crippen molar-refractivity contribution < 1.29 is 0 Å². The Labute approximate surface area is 119 Å². The predicted molar refractivity (Wildman–Crippen MR) is 79.9 cm³/mol. The summed E-state index contributed by atoms with van der Waals surface area (Å²) in [6.07, 6.45) is 0. The van der Waals surface area contributed by atoms with Crippen LogP contribution in [0.2, 0.25) is 5.02 Å². The highest BCUT2D eigenvalue weighted by atomic mass is 35.5. The van der Waals surface area contributed by atoms with E-state index in [2.05, 4.69) is 16.7 Å². The number of nitrogen functional groups attached to an aromatic ring is 1. The molecule has 0 aromatic heterocycles. The maximum Gasteiger partial charge on any atom is 0.122 e. The van der Waals surface area contributed by atoms with Gasteiger partial charge in [0.15, 0.2) is 0 Å². The van der Waals surface area contributed by atoms with Crippen molar-refractivity contribution in [2.45, 2.75) is 13.5 Å². The van der Waals surface area contributed by atoms with E-state index in [1.54, 1.807) is 6.07 Å². The smallest absolute Gasteiger partial charge is 0.122 e. The van der Waals surface area contributed by atoms with E-state index in [1.165, 1.54) is 0 Å². The summed E-state index contributed by atoms with van der Waals surface area (Å²) in [5.74, 6) is 0.0602. The first kappa shape index (κ1) is 14.3. The van der Waals surface area contributed by atoms with Gasteiger partial charge in [0.05, 0.1) is 0 Å². The fourth-order valence-electron chi connectivity index (χ4n) is 2.35. The van der Waals surface area contributed by atoms with Crippen LogP contribution < -0.4 is 5.73 Å². The molecule has 0 aliphatic carbocycles. The number of likely N-dealkylation sites (N-methyl/N-ethyl adjacent to an activating group) is 1. The molecule has 5 heteroatoms. The number of piperazine rings is 1. The number of hydrogen-bond acceptors (Lipinski definition) is 3. The van der Waals surface area contributed by atoms with E-state index in [9.17, 15) is 0 Å². The maximum atomic E-state index is 7.40. The first-order chi connectivity index (χ1) is 9.10. The van der Waals surface area contributed by atoms with Gasteiger partial charge in [-0.05, 0) is 18.2 Å². The number of amidine groups is 1. The number of benzene rings is 1. The Kier molecular flexibility index (Phi) is 4.80. The molecule has 2 rings (SSSR count). The molecule has 0 spiro atoms. The third-order valence-corrected chi connectivity index (χ3v) is 4.02. The minimum absolute atomic E-state index is 0.0602. The van der Waals surface area contributed by atoms with Gasteiger partial charge in [-0.1, -0.05) is 30.7 Å². The third kappa shape index (κ3) is 3.69. The molecule has 4 nitrogen and oxygen atoms in total. The Bertz CT molecular complexity index is 453. The van der Waals surface area contributed by atoms with Crippen molar-refractivity contribution in [2.75, 3.05) is 32.7 Å². The molecule has 1 aromatic carbocycles. The van der Waals surface area contributed by atoms with Crippen LogP contribution in [0.15, 0.2) is 18.2 Å². The quantitative estimate of drug-likeness (QED) is 0.653. The van der Waals surface area contributed by atoms with Gasteiger partial charge in [-0.3, -0.25) is 10.3 Å². The molecule has 1 fully saturated rings. The average Bonchev–Trinajstić information content (AvgIpc) is 2.41. The predicted octanol–water partition coefficient (Wildman–Crippen LogP) is 1.76. The molecule has 0 saturated carbocycles. The molecule has 3 N–H and O–H groups in total. The van der Waals surface area contributed by atoms with Gasteiger partial charge in [-0.2, -0.15) is 0 Å². The van der Waals surface area contributed by atoms with Crippen molar-refractivity contribution >= 4 is 17.4 Å². The molecule has 1 heterocycles. The number of nitrogens with one attached hydrogen (secondary N) is 1. The molecule has 0 radical (unpaired) electrons. The highest BCUT2D eigenvalue weighted by Gasteiger charge is 2.16. The van der Waals surface area contributed by atoms with Crippen molar-refractivity contribution in [2.24, 2.45) is 5.73 Å². The van der Waals surface area contributed by atoms with E-state index in [4.69, 9.17) is 22.7 Å². The molecular formula is C14H21ClN4. The molecule has 0 bridgehead atoms. The number of halogens is 1. The van der Waals surface area contributed by atoms with Crippen LogP contribution in [0.1, 0.15) is 18.1 Å². The molecule has 0 unspecified atom stereocenters. The van der Waals surface area contributed by atoms with Gasteiger partial charge in [0.1, 0.15) is 5.84 Å².